The Hall–Kier alpha value is -0.960. The number of rotatable bonds is 1. The fourth-order valence-electron chi connectivity index (χ4n) is 1.44. The second kappa shape index (κ2) is 2.83. The van der Waals surface area contributed by atoms with Crippen LogP contribution in [0.3, 0.4) is 0 Å². The normalized spacial score (nSPS) is 10.8. The average Bonchev–Trinajstić information content (AvgIpc) is 2.40. The molecule has 2 aromatic rings. The molecule has 0 aliphatic heterocycles. The topological polar surface area (TPSA) is 19.7 Å². The van der Waals surface area contributed by atoms with Crippen LogP contribution in [0.5, 0.6) is 0 Å². The fourth-order valence-corrected chi connectivity index (χ4v) is 1.81. The van der Waals surface area contributed by atoms with Gasteiger partial charge in [0.25, 0.3) is 0 Å². The molecule has 0 spiro atoms. The molecule has 0 saturated carbocycles. The highest BCUT2D eigenvalue weighted by atomic mass is 32.1. The first-order valence-electron chi connectivity index (χ1n) is 4.02. The Labute approximate surface area is 76.6 Å². The van der Waals surface area contributed by atoms with E-state index in [1.807, 2.05) is 12.1 Å². The van der Waals surface area contributed by atoms with E-state index in [0.717, 1.165) is 17.2 Å². The average molecular weight is 179 g/mol. The summed E-state index contributed by atoms with van der Waals surface area (Å²) in [7, 11) is 0. The van der Waals surface area contributed by atoms with Gasteiger partial charge in [0.2, 0.25) is 0 Å². The van der Waals surface area contributed by atoms with Gasteiger partial charge in [-0.05, 0) is 19.1 Å². The van der Waals surface area contributed by atoms with Crippen molar-refractivity contribution in [2.24, 2.45) is 0 Å². The van der Waals surface area contributed by atoms with Crippen LogP contribution in [0, 0.1) is 0 Å². The van der Waals surface area contributed by atoms with Crippen LogP contribution in [0.15, 0.2) is 29.4 Å². The third-order valence-electron chi connectivity index (χ3n) is 2.01. The second-order valence-electron chi connectivity index (χ2n) is 2.71. The molecule has 0 atom stereocenters. The lowest BCUT2D eigenvalue weighted by Crippen LogP contribution is -2.32. The van der Waals surface area contributed by atoms with Gasteiger partial charge >= 0.3 is 5.16 Å². The zero-order valence-corrected chi connectivity index (χ0v) is 7.81. The summed E-state index contributed by atoms with van der Waals surface area (Å²) >= 11 is 4.34. The number of para-hydroxylation sites is 2. The van der Waals surface area contributed by atoms with Gasteiger partial charge in [-0.15, -0.1) is 0 Å². The van der Waals surface area contributed by atoms with Gasteiger partial charge in [0.15, 0.2) is 11.0 Å². The summed E-state index contributed by atoms with van der Waals surface area (Å²) in [5.41, 5.74) is 2.36. The summed E-state index contributed by atoms with van der Waals surface area (Å²) in [6.07, 6.45) is 0. The van der Waals surface area contributed by atoms with Crippen molar-refractivity contribution >= 4 is 23.7 Å². The van der Waals surface area contributed by atoms with Crippen molar-refractivity contribution in [3.8, 4) is 0 Å². The zero-order valence-electron chi connectivity index (χ0n) is 6.91. The van der Waals surface area contributed by atoms with E-state index in [4.69, 9.17) is 0 Å². The Morgan fingerprint density at radius 3 is 2.92 bits per heavy atom. The molecule has 0 unspecified atom stereocenters. The van der Waals surface area contributed by atoms with Gasteiger partial charge in [0, 0.05) is 0 Å². The molecule has 0 aliphatic rings. The molecule has 1 N–H and O–H groups in total. The predicted molar refractivity (Wildman–Crippen MR) is 51.4 cm³/mol. The number of fused-ring (bicyclic) bond motifs is 1. The number of hydrogen-bond donors (Lipinski definition) is 2. The zero-order chi connectivity index (χ0) is 8.55. The van der Waals surface area contributed by atoms with Crippen molar-refractivity contribution < 1.29 is 4.57 Å². The molecule has 1 heterocycles. The molecule has 0 bridgehead atoms. The number of hydrogen-bond acceptors (Lipinski definition) is 1. The highest BCUT2D eigenvalue weighted by Gasteiger charge is 2.11. The number of nitrogens with one attached hydrogen (secondary N) is 1. The molecule has 0 radical (unpaired) electrons. The minimum Gasteiger partial charge on any atom is -0.231 e. The largest absolute Gasteiger partial charge is 0.313 e. The van der Waals surface area contributed by atoms with Crippen LogP contribution < -0.4 is 4.57 Å². The van der Waals surface area contributed by atoms with Crippen LogP contribution in [0.2, 0.25) is 0 Å². The van der Waals surface area contributed by atoms with Crippen LogP contribution in [0.25, 0.3) is 11.0 Å². The SMILES string of the molecule is CC[n+]1c(S)[nH]c2ccccc21. The molecule has 3 heteroatoms. The first-order chi connectivity index (χ1) is 5.83. The van der Waals surface area contributed by atoms with Gasteiger partial charge in [-0.2, -0.15) is 0 Å². The van der Waals surface area contributed by atoms with Crippen LogP contribution in [-0.2, 0) is 6.54 Å². The van der Waals surface area contributed by atoms with Crippen LogP contribution in [0.4, 0.5) is 0 Å². The quantitative estimate of drug-likeness (QED) is 0.491. The maximum atomic E-state index is 4.34. The van der Waals surface area contributed by atoms with Gasteiger partial charge in [0.1, 0.15) is 0 Å². The third-order valence-corrected chi connectivity index (χ3v) is 2.37. The van der Waals surface area contributed by atoms with E-state index < -0.39 is 0 Å². The molecule has 1 aromatic heterocycles. The number of aromatic amines is 1. The lowest BCUT2D eigenvalue weighted by atomic mass is 10.3. The van der Waals surface area contributed by atoms with Crippen LogP contribution in [-0.4, -0.2) is 4.98 Å². The second-order valence-corrected chi connectivity index (χ2v) is 3.13. The summed E-state index contributed by atoms with van der Waals surface area (Å²) in [5.74, 6) is 0. The summed E-state index contributed by atoms with van der Waals surface area (Å²) < 4.78 is 2.14. The maximum Gasteiger partial charge on any atom is 0.313 e. The number of benzene rings is 1. The molecular formula is C9H11N2S+. The Kier molecular flexibility index (Phi) is 1.81. The van der Waals surface area contributed by atoms with Crippen molar-refractivity contribution in [3.63, 3.8) is 0 Å². The summed E-state index contributed by atoms with van der Waals surface area (Å²) in [6, 6.07) is 8.21. The standard InChI is InChI=1S/C9H10N2S/c1-2-11-8-6-4-3-5-7(8)10-9(11)12/h3-6H,2H2,1H3,(H,10,12)/p+1. The molecular weight excluding hydrogens is 168 g/mol. The van der Waals surface area contributed by atoms with E-state index in [1.54, 1.807) is 0 Å². The van der Waals surface area contributed by atoms with Gasteiger partial charge in [-0.3, -0.25) is 0 Å². The van der Waals surface area contributed by atoms with E-state index >= 15 is 0 Å². The van der Waals surface area contributed by atoms with E-state index in [0.29, 0.717) is 0 Å². The first-order valence-corrected chi connectivity index (χ1v) is 4.47. The Bertz CT molecular complexity index is 406. The van der Waals surface area contributed by atoms with Crippen molar-refractivity contribution in [3.05, 3.63) is 24.3 Å². The van der Waals surface area contributed by atoms with E-state index in [1.165, 1.54) is 5.52 Å². The molecule has 0 aliphatic carbocycles. The summed E-state index contributed by atoms with van der Waals surface area (Å²) in [6.45, 7) is 3.06. The van der Waals surface area contributed by atoms with Crippen LogP contribution >= 0.6 is 12.6 Å². The molecule has 0 saturated heterocycles. The lowest BCUT2D eigenvalue weighted by Gasteiger charge is -1.90. The number of H-pyrrole nitrogens is 1. The van der Waals surface area contributed by atoms with Crippen molar-refractivity contribution in [2.75, 3.05) is 0 Å². The van der Waals surface area contributed by atoms with Gasteiger partial charge in [-0.25, -0.2) is 9.55 Å². The molecule has 62 valence electrons. The van der Waals surface area contributed by atoms with Crippen molar-refractivity contribution in [1.82, 2.24) is 4.98 Å². The Morgan fingerprint density at radius 1 is 1.42 bits per heavy atom. The van der Waals surface area contributed by atoms with Crippen molar-refractivity contribution in [1.29, 1.82) is 0 Å². The molecule has 0 amide bonds. The minimum absolute atomic E-state index is 0.915. The predicted octanol–water partition coefficient (Wildman–Crippen LogP) is 1.76. The molecule has 2 nitrogen and oxygen atoms in total. The molecule has 12 heavy (non-hydrogen) atoms. The number of aromatic nitrogens is 2. The number of thiol groups is 1. The third kappa shape index (κ3) is 1.01. The number of aryl methyl sites for hydroxylation is 1. The van der Waals surface area contributed by atoms with E-state index in [2.05, 4.69) is 41.2 Å². The minimum atomic E-state index is 0.915. The van der Waals surface area contributed by atoms with Gasteiger partial charge < -0.3 is 0 Å². The summed E-state index contributed by atoms with van der Waals surface area (Å²) in [4.78, 5) is 3.21. The van der Waals surface area contributed by atoms with Gasteiger partial charge in [0.05, 0.1) is 6.54 Å². The van der Waals surface area contributed by atoms with E-state index in [9.17, 15) is 0 Å². The number of imidazole rings is 1. The lowest BCUT2D eigenvalue weighted by molar-refractivity contribution is -0.705. The molecule has 2 rings (SSSR count). The fraction of sp³-hybridized carbons (Fsp3) is 0.222. The highest BCUT2D eigenvalue weighted by Crippen LogP contribution is 2.10. The molecule has 0 fully saturated rings. The molecule has 1 aromatic carbocycles. The summed E-state index contributed by atoms with van der Waals surface area (Å²) in [5, 5.41) is 0.915. The van der Waals surface area contributed by atoms with Gasteiger partial charge in [-0.1, -0.05) is 24.8 Å². The highest BCUT2D eigenvalue weighted by molar-refractivity contribution is 7.80. The smallest absolute Gasteiger partial charge is 0.231 e. The Balaban J connectivity index is 2.81. The van der Waals surface area contributed by atoms with E-state index in [-0.39, 0.29) is 0 Å². The first kappa shape index (κ1) is 7.68. The van der Waals surface area contributed by atoms with Crippen molar-refractivity contribution in [2.45, 2.75) is 18.6 Å². The Morgan fingerprint density at radius 2 is 2.17 bits per heavy atom. The van der Waals surface area contributed by atoms with Crippen LogP contribution in [0.1, 0.15) is 6.92 Å². The monoisotopic (exact) mass is 179 g/mol. The number of nitrogens with zero attached hydrogens (tertiary/aromatic N) is 1. The maximum absolute atomic E-state index is 4.34.